The van der Waals surface area contributed by atoms with Crippen molar-refractivity contribution in [3.05, 3.63) is 102 Å². The molecule has 0 atom stereocenters. The van der Waals surface area contributed by atoms with Crippen LogP contribution in [-0.2, 0) is 11.2 Å². The number of hydrogen-bond acceptors (Lipinski definition) is 4. The number of carbonyl (C=O) groups is 1. The molecule has 6 heteroatoms. The van der Waals surface area contributed by atoms with E-state index in [4.69, 9.17) is 4.74 Å². The van der Waals surface area contributed by atoms with Crippen LogP contribution in [0.4, 0.5) is 4.39 Å². The number of esters is 1. The van der Waals surface area contributed by atoms with Crippen LogP contribution in [0.1, 0.15) is 21.6 Å². The minimum atomic E-state index is -0.433. The highest BCUT2D eigenvalue weighted by Gasteiger charge is 2.13. The van der Waals surface area contributed by atoms with Gasteiger partial charge in [-0.3, -0.25) is 4.98 Å². The summed E-state index contributed by atoms with van der Waals surface area (Å²) in [7, 11) is 1.33. The van der Waals surface area contributed by atoms with Crippen LogP contribution in [0.5, 0.6) is 0 Å². The Balaban J connectivity index is 1.56. The number of methoxy groups -OCH3 is 1. The first-order valence-electron chi connectivity index (χ1n) is 9.80. The quantitative estimate of drug-likeness (QED) is 0.388. The minimum absolute atomic E-state index is 0.269. The number of pyridine rings is 2. The van der Waals surface area contributed by atoms with Crippen molar-refractivity contribution in [1.29, 1.82) is 0 Å². The van der Waals surface area contributed by atoms with E-state index in [-0.39, 0.29) is 5.65 Å². The van der Waals surface area contributed by atoms with Crippen molar-refractivity contribution in [2.24, 2.45) is 0 Å². The largest absolute Gasteiger partial charge is 0.465 e. The number of fused-ring (bicyclic) bond motifs is 2. The topological polar surface area (TPSA) is 56.5 Å². The highest BCUT2D eigenvalue weighted by atomic mass is 19.1. The lowest BCUT2D eigenvalue weighted by Crippen LogP contribution is -2.01. The maximum Gasteiger partial charge on any atom is 0.337 e. The summed E-state index contributed by atoms with van der Waals surface area (Å²) in [6.45, 7) is 0. The molecule has 31 heavy (non-hydrogen) atoms. The van der Waals surface area contributed by atoms with E-state index in [1.165, 1.54) is 13.2 Å². The molecule has 0 N–H and O–H groups in total. The van der Waals surface area contributed by atoms with E-state index in [0.29, 0.717) is 17.5 Å². The van der Waals surface area contributed by atoms with Gasteiger partial charge in [-0.1, -0.05) is 24.3 Å². The zero-order valence-corrected chi connectivity index (χ0v) is 16.7. The zero-order chi connectivity index (χ0) is 21.4. The molecule has 0 unspecified atom stereocenters. The van der Waals surface area contributed by atoms with Crippen LogP contribution in [0.15, 0.2) is 79.3 Å². The molecular formula is C25H18FN3O2. The molecule has 3 heterocycles. The van der Waals surface area contributed by atoms with Crippen LogP contribution in [0.2, 0.25) is 0 Å². The molecule has 0 radical (unpaired) electrons. The van der Waals surface area contributed by atoms with E-state index in [9.17, 15) is 9.18 Å². The first kappa shape index (κ1) is 18.9. The maximum atomic E-state index is 14.8. The van der Waals surface area contributed by atoms with E-state index >= 15 is 0 Å². The minimum Gasteiger partial charge on any atom is -0.465 e. The molecule has 5 nitrogen and oxygen atoms in total. The average Bonchev–Trinajstić information content (AvgIpc) is 3.21. The van der Waals surface area contributed by atoms with Gasteiger partial charge in [-0.2, -0.15) is 0 Å². The van der Waals surface area contributed by atoms with Crippen molar-refractivity contribution in [2.75, 3.05) is 7.11 Å². The molecule has 0 aliphatic heterocycles. The summed E-state index contributed by atoms with van der Waals surface area (Å²) in [6.07, 6.45) is 5.91. The molecular weight excluding hydrogens is 393 g/mol. The van der Waals surface area contributed by atoms with Crippen molar-refractivity contribution >= 4 is 22.5 Å². The molecule has 0 amide bonds. The van der Waals surface area contributed by atoms with Gasteiger partial charge in [0.1, 0.15) is 0 Å². The second-order valence-electron chi connectivity index (χ2n) is 7.30. The van der Waals surface area contributed by atoms with E-state index in [2.05, 4.69) is 16.0 Å². The Hall–Kier alpha value is -4.06. The van der Waals surface area contributed by atoms with Gasteiger partial charge in [0, 0.05) is 41.7 Å². The number of imidazole rings is 1. The maximum absolute atomic E-state index is 14.8. The van der Waals surface area contributed by atoms with Gasteiger partial charge >= 0.3 is 5.97 Å². The number of nitrogens with zero attached hydrogens (tertiary/aromatic N) is 3. The lowest BCUT2D eigenvalue weighted by molar-refractivity contribution is 0.0601. The van der Waals surface area contributed by atoms with Crippen LogP contribution >= 0.6 is 0 Å². The Labute approximate surface area is 177 Å². The number of rotatable bonds is 4. The molecule has 0 spiro atoms. The van der Waals surface area contributed by atoms with Gasteiger partial charge in [-0.15, -0.1) is 0 Å². The van der Waals surface area contributed by atoms with E-state index in [0.717, 1.165) is 27.7 Å². The Kier molecular flexibility index (Phi) is 4.67. The van der Waals surface area contributed by atoms with Crippen LogP contribution in [-0.4, -0.2) is 27.4 Å². The molecule has 152 valence electrons. The summed E-state index contributed by atoms with van der Waals surface area (Å²) < 4.78 is 21.4. The molecule has 0 fully saturated rings. The second kappa shape index (κ2) is 7.65. The number of hydrogen-bond donors (Lipinski definition) is 0. The lowest BCUT2D eigenvalue weighted by Gasteiger charge is -2.09. The van der Waals surface area contributed by atoms with Crippen molar-refractivity contribution in [2.45, 2.75) is 6.42 Å². The van der Waals surface area contributed by atoms with Gasteiger partial charge in [-0.25, -0.2) is 14.2 Å². The first-order valence-corrected chi connectivity index (χ1v) is 9.80. The average molecular weight is 411 g/mol. The fourth-order valence-corrected chi connectivity index (χ4v) is 3.77. The molecule has 0 aliphatic carbocycles. The predicted molar refractivity (Wildman–Crippen MR) is 116 cm³/mol. The first-order chi connectivity index (χ1) is 15.1. The normalized spacial score (nSPS) is 11.2. The summed E-state index contributed by atoms with van der Waals surface area (Å²) in [5.41, 5.74) is 4.94. The fourth-order valence-electron chi connectivity index (χ4n) is 3.77. The van der Waals surface area contributed by atoms with E-state index < -0.39 is 11.8 Å². The SMILES string of the molecule is COC(=O)c1cccc(-c2cc(F)c3ncc(Cc4ccc5ncccc5c4)n3c2)c1. The van der Waals surface area contributed by atoms with Crippen molar-refractivity contribution in [1.82, 2.24) is 14.4 Å². The summed E-state index contributed by atoms with van der Waals surface area (Å²) in [6, 6.07) is 18.4. The molecule has 0 saturated heterocycles. The monoisotopic (exact) mass is 411 g/mol. The van der Waals surface area contributed by atoms with Crippen molar-refractivity contribution < 1.29 is 13.9 Å². The Morgan fingerprint density at radius 1 is 1.03 bits per heavy atom. The summed E-state index contributed by atoms with van der Waals surface area (Å²) in [5, 5.41) is 1.06. The van der Waals surface area contributed by atoms with Crippen LogP contribution < -0.4 is 0 Å². The number of ether oxygens (including phenoxy) is 1. The molecule has 3 aromatic heterocycles. The van der Waals surface area contributed by atoms with Crippen LogP contribution in [0.3, 0.4) is 0 Å². The number of aromatic nitrogens is 3. The standard InChI is InChI=1S/C25H18FN3O2/c1-31-25(30)19-5-2-4-17(12-19)20-13-22(26)24-28-14-21(29(24)15-20)11-16-7-8-23-18(10-16)6-3-9-27-23/h2-10,12-15H,11H2,1H3. The van der Waals surface area contributed by atoms with E-state index in [1.54, 1.807) is 35.0 Å². The number of benzene rings is 2. The highest BCUT2D eigenvalue weighted by molar-refractivity contribution is 5.91. The third kappa shape index (κ3) is 3.53. The zero-order valence-electron chi connectivity index (χ0n) is 16.7. The summed E-state index contributed by atoms with van der Waals surface area (Å²) in [4.78, 5) is 20.5. The van der Waals surface area contributed by atoms with Gasteiger partial charge in [-0.05, 0) is 47.5 Å². The molecule has 5 aromatic rings. The molecule has 0 saturated carbocycles. The third-order valence-corrected chi connectivity index (χ3v) is 5.31. The van der Waals surface area contributed by atoms with Gasteiger partial charge in [0.05, 0.1) is 18.2 Å². The van der Waals surface area contributed by atoms with Gasteiger partial charge in [0.25, 0.3) is 0 Å². The summed E-state index contributed by atoms with van der Waals surface area (Å²) >= 11 is 0. The van der Waals surface area contributed by atoms with Crippen LogP contribution in [0.25, 0.3) is 27.7 Å². The van der Waals surface area contributed by atoms with Crippen LogP contribution in [0, 0.1) is 5.82 Å². The fraction of sp³-hybridized carbons (Fsp3) is 0.0800. The molecule has 2 aromatic carbocycles. The van der Waals surface area contributed by atoms with Crippen molar-refractivity contribution in [3.8, 4) is 11.1 Å². The summed E-state index contributed by atoms with van der Waals surface area (Å²) in [5.74, 6) is -0.854. The smallest absolute Gasteiger partial charge is 0.337 e. The van der Waals surface area contributed by atoms with Gasteiger partial charge in [0.15, 0.2) is 11.5 Å². The Morgan fingerprint density at radius 2 is 1.94 bits per heavy atom. The van der Waals surface area contributed by atoms with Crippen molar-refractivity contribution in [3.63, 3.8) is 0 Å². The second-order valence-corrected chi connectivity index (χ2v) is 7.30. The number of carbonyl (C=O) groups excluding carboxylic acids is 1. The van der Waals surface area contributed by atoms with Gasteiger partial charge < -0.3 is 9.14 Å². The molecule has 0 aliphatic rings. The molecule has 5 rings (SSSR count). The Morgan fingerprint density at radius 3 is 2.81 bits per heavy atom. The highest BCUT2D eigenvalue weighted by Crippen LogP contribution is 2.25. The van der Waals surface area contributed by atoms with E-state index in [1.807, 2.05) is 36.5 Å². The molecule has 0 bridgehead atoms. The number of halogens is 1. The van der Waals surface area contributed by atoms with Gasteiger partial charge in [0.2, 0.25) is 0 Å². The Bertz CT molecular complexity index is 1440. The lowest BCUT2D eigenvalue weighted by atomic mass is 10.0. The third-order valence-electron chi connectivity index (χ3n) is 5.31. The predicted octanol–water partition coefficient (Wildman–Crippen LogP) is 5.07.